The third-order valence-corrected chi connectivity index (χ3v) is 3.73. The summed E-state index contributed by atoms with van der Waals surface area (Å²) >= 11 is 0. The van der Waals surface area contributed by atoms with Crippen molar-refractivity contribution in [2.45, 2.75) is 32.2 Å². The molecule has 3 heterocycles. The minimum absolute atomic E-state index is 0.0886. The number of carbonyl (C=O) groups is 1. The fourth-order valence-corrected chi connectivity index (χ4v) is 2.85. The Morgan fingerprint density at radius 1 is 1.42 bits per heavy atom. The van der Waals surface area contributed by atoms with Crippen molar-refractivity contribution in [2.24, 2.45) is 5.73 Å². The topological polar surface area (TPSA) is 84.1 Å². The summed E-state index contributed by atoms with van der Waals surface area (Å²) < 4.78 is 0. The standard InChI is InChI=1S/C13H19N5O/c1-8-16-11-10(4-5-15-13(11)19)12(17-8)18-6-2-3-9(14)7-18/h9H,2-7,14H2,1H3,(H,15,19). The fraction of sp³-hybridized carbons (Fsp3) is 0.615. The van der Waals surface area contributed by atoms with E-state index in [1.165, 1.54) is 0 Å². The number of piperidine rings is 1. The first kappa shape index (κ1) is 12.3. The normalized spacial score (nSPS) is 22.9. The highest BCUT2D eigenvalue weighted by Gasteiger charge is 2.27. The molecule has 0 bridgehead atoms. The molecule has 1 aromatic rings. The van der Waals surface area contributed by atoms with Crippen LogP contribution in [-0.2, 0) is 6.42 Å². The molecule has 3 N–H and O–H groups in total. The Morgan fingerprint density at radius 2 is 2.26 bits per heavy atom. The first-order chi connectivity index (χ1) is 9.15. The molecule has 1 unspecified atom stereocenters. The number of nitrogens with one attached hydrogen (secondary N) is 1. The Morgan fingerprint density at radius 3 is 3.05 bits per heavy atom. The highest BCUT2D eigenvalue weighted by atomic mass is 16.1. The molecule has 0 saturated carbocycles. The molecule has 1 amide bonds. The zero-order valence-corrected chi connectivity index (χ0v) is 11.1. The number of aryl methyl sites for hydroxylation is 1. The molecule has 0 radical (unpaired) electrons. The van der Waals surface area contributed by atoms with Crippen LogP contribution in [0.25, 0.3) is 0 Å². The number of fused-ring (bicyclic) bond motifs is 1. The first-order valence-corrected chi connectivity index (χ1v) is 6.81. The van der Waals surface area contributed by atoms with Gasteiger partial charge in [0.05, 0.1) is 0 Å². The molecular weight excluding hydrogens is 242 g/mol. The van der Waals surface area contributed by atoms with Gasteiger partial charge in [0, 0.05) is 31.2 Å². The maximum Gasteiger partial charge on any atom is 0.270 e. The fourth-order valence-electron chi connectivity index (χ4n) is 2.85. The summed E-state index contributed by atoms with van der Waals surface area (Å²) in [6.45, 7) is 4.25. The molecule has 0 aliphatic carbocycles. The van der Waals surface area contributed by atoms with Gasteiger partial charge in [-0.3, -0.25) is 4.79 Å². The molecule has 19 heavy (non-hydrogen) atoms. The lowest BCUT2D eigenvalue weighted by atomic mass is 10.0. The molecule has 1 fully saturated rings. The van der Waals surface area contributed by atoms with E-state index >= 15 is 0 Å². The van der Waals surface area contributed by atoms with E-state index in [4.69, 9.17) is 5.73 Å². The number of carbonyl (C=O) groups excluding carboxylic acids is 1. The first-order valence-electron chi connectivity index (χ1n) is 6.81. The minimum atomic E-state index is -0.0886. The molecule has 1 atom stereocenters. The molecule has 3 rings (SSSR count). The number of rotatable bonds is 1. The van der Waals surface area contributed by atoms with E-state index in [0.717, 1.165) is 43.7 Å². The second-order valence-corrected chi connectivity index (χ2v) is 5.28. The van der Waals surface area contributed by atoms with Crippen molar-refractivity contribution < 1.29 is 4.79 Å². The number of amides is 1. The van der Waals surface area contributed by atoms with E-state index in [-0.39, 0.29) is 11.9 Å². The molecule has 2 aliphatic heterocycles. The molecular formula is C13H19N5O. The van der Waals surface area contributed by atoms with E-state index in [1.54, 1.807) is 0 Å². The molecule has 6 heteroatoms. The summed E-state index contributed by atoms with van der Waals surface area (Å²) in [6, 6.07) is 0.192. The average Bonchev–Trinajstić information content (AvgIpc) is 2.39. The van der Waals surface area contributed by atoms with Crippen LogP contribution < -0.4 is 16.0 Å². The molecule has 0 spiro atoms. The monoisotopic (exact) mass is 261 g/mol. The highest BCUT2D eigenvalue weighted by Crippen LogP contribution is 2.26. The van der Waals surface area contributed by atoms with E-state index < -0.39 is 0 Å². The summed E-state index contributed by atoms with van der Waals surface area (Å²) in [4.78, 5) is 22.9. The van der Waals surface area contributed by atoms with Crippen LogP contribution in [0.1, 0.15) is 34.7 Å². The zero-order valence-electron chi connectivity index (χ0n) is 11.1. The molecule has 102 valence electrons. The second-order valence-electron chi connectivity index (χ2n) is 5.28. The predicted molar refractivity (Wildman–Crippen MR) is 72.2 cm³/mol. The summed E-state index contributed by atoms with van der Waals surface area (Å²) in [5.74, 6) is 1.46. The van der Waals surface area contributed by atoms with Gasteiger partial charge >= 0.3 is 0 Å². The maximum atomic E-state index is 11.9. The lowest BCUT2D eigenvalue weighted by Gasteiger charge is -2.34. The maximum absolute atomic E-state index is 11.9. The third kappa shape index (κ3) is 2.28. The summed E-state index contributed by atoms with van der Waals surface area (Å²) in [5.41, 5.74) is 7.55. The van der Waals surface area contributed by atoms with Crippen molar-refractivity contribution in [1.29, 1.82) is 0 Å². The van der Waals surface area contributed by atoms with Crippen LogP contribution in [0.4, 0.5) is 5.82 Å². The van der Waals surface area contributed by atoms with Crippen LogP contribution in [0.5, 0.6) is 0 Å². The van der Waals surface area contributed by atoms with E-state index in [9.17, 15) is 4.79 Å². The molecule has 2 aliphatic rings. The van der Waals surface area contributed by atoms with Crippen molar-refractivity contribution in [3.05, 3.63) is 17.1 Å². The van der Waals surface area contributed by atoms with E-state index in [1.807, 2.05) is 6.92 Å². The smallest absolute Gasteiger partial charge is 0.270 e. The zero-order chi connectivity index (χ0) is 13.4. The van der Waals surface area contributed by atoms with Crippen LogP contribution in [0.3, 0.4) is 0 Å². The molecule has 1 saturated heterocycles. The van der Waals surface area contributed by atoms with Gasteiger partial charge in [-0.2, -0.15) is 0 Å². The van der Waals surface area contributed by atoms with Gasteiger partial charge in [-0.15, -0.1) is 0 Å². The van der Waals surface area contributed by atoms with Crippen LogP contribution >= 0.6 is 0 Å². The minimum Gasteiger partial charge on any atom is -0.355 e. The Bertz CT molecular complexity index is 516. The Hall–Kier alpha value is -1.69. The number of nitrogens with zero attached hydrogens (tertiary/aromatic N) is 3. The van der Waals surface area contributed by atoms with Crippen LogP contribution in [0.15, 0.2) is 0 Å². The van der Waals surface area contributed by atoms with Gasteiger partial charge in [0.1, 0.15) is 17.3 Å². The quantitative estimate of drug-likeness (QED) is 0.743. The van der Waals surface area contributed by atoms with E-state index in [0.29, 0.717) is 18.1 Å². The molecule has 0 aromatic carbocycles. The van der Waals surface area contributed by atoms with Crippen LogP contribution in [-0.4, -0.2) is 41.6 Å². The lowest BCUT2D eigenvalue weighted by Crippen LogP contribution is -2.44. The number of hydrogen-bond acceptors (Lipinski definition) is 5. The number of anilines is 1. The molecule has 6 nitrogen and oxygen atoms in total. The van der Waals surface area contributed by atoms with Gasteiger partial charge in [0.15, 0.2) is 0 Å². The van der Waals surface area contributed by atoms with Crippen molar-refractivity contribution in [2.75, 3.05) is 24.5 Å². The average molecular weight is 261 g/mol. The summed E-state index contributed by atoms with van der Waals surface area (Å²) in [6.07, 6.45) is 2.93. The van der Waals surface area contributed by atoms with Crippen LogP contribution in [0, 0.1) is 6.92 Å². The Balaban J connectivity index is 2.03. The van der Waals surface area contributed by atoms with Gasteiger partial charge in [0.25, 0.3) is 5.91 Å². The summed E-state index contributed by atoms with van der Waals surface area (Å²) in [7, 11) is 0. The molecule has 1 aromatic heterocycles. The number of nitrogens with two attached hydrogens (primary N) is 1. The van der Waals surface area contributed by atoms with Gasteiger partial charge in [-0.05, 0) is 26.2 Å². The number of hydrogen-bond donors (Lipinski definition) is 2. The highest BCUT2D eigenvalue weighted by molar-refractivity contribution is 5.96. The summed E-state index contributed by atoms with van der Waals surface area (Å²) in [5, 5.41) is 2.83. The van der Waals surface area contributed by atoms with Crippen molar-refractivity contribution >= 4 is 11.7 Å². The van der Waals surface area contributed by atoms with Gasteiger partial charge < -0.3 is 16.0 Å². The van der Waals surface area contributed by atoms with Crippen molar-refractivity contribution in [1.82, 2.24) is 15.3 Å². The van der Waals surface area contributed by atoms with Crippen molar-refractivity contribution in [3.63, 3.8) is 0 Å². The van der Waals surface area contributed by atoms with Crippen molar-refractivity contribution in [3.8, 4) is 0 Å². The van der Waals surface area contributed by atoms with Gasteiger partial charge in [0.2, 0.25) is 0 Å². The third-order valence-electron chi connectivity index (χ3n) is 3.73. The van der Waals surface area contributed by atoms with Gasteiger partial charge in [-0.25, -0.2) is 9.97 Å². The SMILES string of the molecule is Cc1nc2c(c(N3CCCC(N)C3)n1)CCNC2=O. The van der Waals surface area contributed by atoms with E-state index in [2.05, 4.69) is 20.2 Å². The largest absolute Gasteiger partial charge is 0.355 e. The second kappa shape index (κ2) is 4.77. The van der Waals surface area contributed by atoms with Gasteiger partial charge in [-0.1, -0.05) is 0 Å². The lowest BCUT2D eigenvalue weighted by molar-refractivity contribution is 0.0940. The number of aromatic nitrogens is 2. The predicted octanol–water partition coefficient (Wildman–Crippen LogP) is -0.00158. The Labute approximate surface area is 112 Å². The Kier molecular flexibility index (Phi) is 3.10. The van der Waals surface area contributed by atoms with Crippen LogP contribution in [0.2, 0.25) is 0 Å².